The Morgan fingerprint density at radius 3 is 2.75 bits per heavy atom. The Balaban J connectivity index is 3.09. The summed E-state index contributed by atoms with van der Waals surface area (Å²) in [5, 5.41) is 0. The number of methoxy groups -OCH3 is 1. The molecule has 0 radical (unpaired) electrons. The summed E-state index contributed by atoms with van der Waals surface area (Å²) in [6.07, 6.45) is -3.37. The van der Waals surface area contributed by atoms with Gasteiger partial charge in [-0.1, -0.05) is 0 Å². The van der Waals surface area contributed by atoms with E-state index in [-0.39, 0.29) is 12.1 Å². The van der Waals surface area contributed by atoms with Gasteiger partial charge in [-0.2, -0.15) is 0 Å². The Bertz CT molecular complexity index is 410. The molecule has 0 fully saturated rings. The molecule has 0 aromatic carbocycles. The predicted molar refractivity (Wildman–Crippen MR) is 49.3 cm³/mol. The number of esters is 1. The van der Waals surface area contributed by atoms with Crippen molar-refractivity contribution in [3.63, 3.8) is 0 Å². The molecule has 88 valence electrons. The summed E-state index contributed by atoms with van der Waals surface area (Å²) in [4.78, 5) is 14.3. The largest absolute Gasteiger partial charge is 0.469 e. The number of alkyl halides is 2. The second-order valence-electron chi connectivity index (χ2n) is 2.95. The maximum absolute atomic E-state index is 13.1. The maximum atomic E-state index is 13.1. The molecule has 7 heteroatoms. The number of hydrogen-bond donors (Lipinski definition) is 1. The van der Waals surface area contributed by atoms with Gasteiger partial charge in [0.15, 0.2) is 0 Å². The first-order valence-electron chi connectivity index (χ1n) is 4.25. The van der Waals surface area contributed by atoms with Crippen LogP contribution in [-0.4, -0.2) is 18.1 Å². The molecule has 0 unspecified atom stereocenters. The first-order chi connectivity index (χ1) is 7.45. The summed E-state index contributed by atoms with van der Waals surface area (Å²) in [5.41, 5.74) is 3.37. The standard InChI is InChI=1S/C9H9F3N2O2/c1-16-6(15)3-4-2-5(10)7(13)8(14-4)9(11)12/h2,9H,3,13H2,1H3. The lowest BCUT2D eigenvalue weighted by Gasteiger charge is -2.07. The normalized spacial score (nSPS) is 10.6. The number of halogens is 3. The highest BCUT2D eigenvalue weighted by Crippen LogP contribution is 2.25. The minimum atomic E-state index is -2.99. The molecule has 1 aromatic rings. The van der Waals surface area contributed by atoms with Gasteiger partial charge in [-0.05, 0) is 6.07 Å². The number of aromatic nitrogens is 1. The van der Waals surface area contributed by atoms with Gasteiger partial charge in [0, 0.05) is 0 Å². The fraction of sp³-hybridized carbons (Fsp3) is 0.333. The second kappa shape index (κ2) is 4.82. The molecule has 0 aliphatic carbocycles. The van der Waals surface area contributed by atoms with Crippen molar-refractivity contribution in [2.45, 2.75) is 12.8 Å². The van der Waals surface area contributed by atoms with Crippen LogP contribution in [0.5, 0.6) is 0 Å². The lowest BCUT2D eigenvalue weighted by Crippen LogP contribution is -2.10. The average Bonchev–Trinajstić information content (AvgIpc) is 2.22. The van der Waals surface area contributed by atoms with Crippen LogP contribution in [0.1, 0.15) is 17.8 Å². The minimum absolute atomic E-state index is 0.145. The predicted octanol–water partition coefficient (Wildman–Crippen LogP) is 1.46. The van der Waals surface area contributed by atoms with E-state index in [1.807, 2.05) is 0 Å². The van der Waals surface area contributed by atoms with Crippen molar-refractivity contribution in [1.82, 2.24) is 4.98 Å². The highest BCUT2D eigenvalue weighted by Gasteiger charge is 2.19. The average molecular weight is 234 g/mol. The van der Waals surface area contributed by atoms with E-state index in [9.17, 15) is 18.0 Å². The molecule has 0 aliphatic heterocycles. The van der Waals surface area contributed by atoms with E-state index in [0.717, 1.165) is 13.2 Å². The van der Waals surface area contributed by atoms with Gasteiger partial charge in [0.1, 0.15) is 11.5 Å². The zero-order valence-corrected chi connectivity index (χ0v) is 8.34. The van der Waals surface area contributed by atoms with Crippen molar-refractivity contribution in [2.75, 3.05) is 12.8 Å². The molecule has 0 amide bonds. The number of ether oxygens (including phenoxy) is 1. The van der Waals surface area contributed by atoms with Crippen LogP contribution >= 0.6 is 0 Å². The lowest BCUT2D eigenvalue weighted by atomic mass is 10.2. The quantitative estimate of drug-likeness (QED) is 0.804. The lowest BCUT2D eigenvalue weighted by molar-refractivity contribution is -0.139. The van der Waals surface area contributed by atoms with Crippen LogP contribution in [0, 0.1) is 5.82 Å². The van der Waals surface area contributed by atoms with Gasteiger partial charge in [-0.3, -0.25) is 4.79 Å². The number of nitrogen functional groups attached to an aromatic ring is 1. The molecule has 1 aromatic heterocycles. The number of carbonyl (C=O) groups is 1. The molecule has 0 saturated carbocycles. The van der Waals surface area contributed by atoms with E-state index in [1.54, 1.807) is 0 Å². The van der Waals surface area contributed by atoms with Gasteiger partial charge in [0.25, 0.3) is 6.43 Å². The molecule has 1 heterocycles. The van der Waals surface area contributed by atoms with Crippen LogP contribution in [0.3, 0.4) is 0 Å². The molecule has 16 heavy (non-hydrogen) atoms. The highest BCUT2D eigenvalue weighted by molar-refractivity contribution is 5.72. The minimum Gasteiger partial charge on any atom is -0.469 e. The van der Waals surface area contributed by atoms with Gasteiger partial charge in [-0.15, -0.1) is 0 Å². The van der Waals surface area contributed by atoms with Gasteiger partial charge >= 0.3 is 5.97 Å². The number of nitrogens with zero attached hydrogens (tertiary/aromatic N) is 1. The summed E-state index contributed by atoms with van der Waals surface area (Å²) in [6, 6.07) is 0.831. The number of carbonyl (C=O) groups excluding carboxylic acids is 1. The fourth-order valence-corrected chi connectivity index (χ4v) is 1.07. The van der Waals surface area contributed by atoms with Crippen LogP contribution in [0.15, 0.2) is 6.07 Å². The van der Waals surface area contributed by atoms with E-state index in [1.165, 1.54) is 0 Å². The van der Waals surface area contributed by atoms with Gasteiger partial charge in [-0.25, -0.2) is 18.2 Å². The SMILES string of the molecule is COC(=O)Cc1cc(F)c(N)c(C(F)F)n1. The third-order valence-corrected chi connectivity index (χ3v) is 1.85. The first kappa shape index (κ1) is 12.3. The Morgan fingerprint density at radius 2 is 2.25 bits per heavy atom. The van der Waals surface area contributed by atoms with Crippen molar-refractivity contribution in [2.24, 2.45) is 0 Å². The van der Waals surface area contributed by atoms with E-state index in [4.69, 9.17) is 5.73 Å². The first-order valence-corrected chi connectivity index (χ1v) is 4.25. The zero-order valence-electron chi connectivity index (χ0n) is 8.34. The summed E-state index contributed by atoms with van der Waals surface area (Å²) in [6.45, 7) is 0. The van der Waals surface area contributed by atoms with Crippen molar-refractivity contribution in [3.8, 4) is 0 Å². The van der Waals surface area contributed by atoms with Crippen LogP contribution in [0.4, 0.5) is 18.9 Å². The monoisotopic (exact) mass is 234 g/mol. The van der Waals surface area contributed by atoms with Gasteiger partial charge in [0.2, 0.25) is 0 Å². The van der Waals surface area contributed by atoms with E-state index < -0.39 is 29.6 Å². The van der Waals surface area contributed by atoms with Crippen molar-refractivity contribution in [1.29, 1.82) is 0 Å². The van der Waals surface area contributed by atoms with E-state index >= 15 is 0 Å². The Morgan fingerprint density at radius 1 is 1.62 bits per heavy atom. The number of rotatable bonds is 3. The topological polar surface area (TPSA) is 65.2 Å². The molecule has 0 bridgehead atoms. The molecule has 0 aliphatic rings. The summed E-state index contributed by atoms with van der Waals surface area (Å²) in [5.74, 6) is -1.72. The fourth-order valence-electron chi connectivity index (χ4n) is 1.07. The third kappa shape index (κ3) is 2.62. The number of hydrogen-bond acceptors (Lipinski definition) is 4. The molecule has 4 nitrogen and oxygen atoms in total. The Hall–Kier alpha value is -1.79. The van der Waals surface area contributed by atoms with Crippen LogP contribution < -0.4 is 5.73 Å². The highest BCUT2D eigenvalue weighted by atomic mass is 19.3. The maximum Gasteiger partial charge on any atom is 0.311 e. The molecular formula is C9H9F3N2O2. The van der Waals surface area contributed by atoms with E-state index in [2.05, 4.69) is 9.72 Å². The molecule has 2 N–H and O–H groups in total. The molecular weight excluding hydrogens is 225 g/mol. The number of anilines is 1. The van der Waals surface area contributed by atoms with Gasteiger partial charge < -0.3 is 10.5 Å². The van der Waals surface area contributed by atoms with Crippen LogP contribution in [0.2, 0.25) is 0 Å². The van der Waals surface area contributed by atoms with Crippen molar-refractivity contribution < 1.29 is 22.7 Å². The smallest absolute Gasteiger partial charge is 0.311 e. The number of pyridine rings is 1. The Labute approximate surface area is 89.2 Å². The zero-order chi connectivity index (χ0) is 12.3. The summed E-state index contributed by atoms with van der Waals surface area (Å²) in [7, 11) is 1.13. The van der Waals surface area contributed by atoms with Gasteiger partial charge in [0.05, 0.1) is 24.9 Å². The third-order valence-electron chi connectivity index (χ3n) is 1.85. The van der Waals surface area contributed by atoms with Crippen molar-refractivity contribution in [3.05, 3.63) is 23.3 Å². The van der Waals surface area contributed by atoms with Crippen LogP contribution in [0.25, 0.3) is 0 Å². The summed E-state index contributed by atoms with van der Waals surface area (Å²) < 4.78 is 42.2. The number of nitrogens with two attached hydrogens (primary N) is 1. The molecule has 1 rings (SSSR count). The Kier molecular flexibility index (Phi) is 3.70. The van der Waals surface area contributed by atoms with Crippen molar-refractivity contribution >= 4 is 11.7 Å². The summed E-state index contributed by atoms with van der Waals surface area (Å²) >= 11 is 0. The molecule has 0 spiro atoms. The molecule has 0 saturated heterocycles. The van der Waals surface area contributed by atoms with Crippen LogP contribution in [-0.2, 0) is 16.0 Å². The second-order valence-corrected chi connectivity index (χ2v) is 2.95. The van der Waals surface area contributed by atoms with E-state index in [0.29, 0.717) is 0 Å². The molecule has 0 atom stereocenters.